The molecule has 1 amide bonds. The van der Waals surface area contributed by atoms with Crippen LogP contribution >= 0.6 is 15.9 Å². The smallest absolute Gasteiger partial charge is 0.329 e. The maximum absolute atomic E-state index is 12.5. The number of phenolic OH excluding ortho intramolecular Hbond substituents is 1. The predicted molar refractivity (Wildman–Crippen MR) is 103 cm³/mol. The summed E-state index contributed by atoms with van der Waals surface area (Å²) in [6.07, 6.45) is 1.26. The average molecular weight is 420 g/mol. The van der Waals surface area contributed by atoms with Crippen molar-refractivity contribution in [1.82, 2.24) is 5.32 Å². The molecule has 0 aromatic heterocycles. The molecule has 0 saturated heterocycles. The number of hydrogen-bond donors (Lipinski definition) is 2. The number of aromatic hydroxyl groups is 1. The molecule has 2 aromatic carbocycles. The Kier molecular flexibility index (Phi) is 8.15. The van der Waals surface area contributed by atoms with E-state index in [1.165, 1.54) is 0 Å². The van der Waals surface area contributed by atoms with E-state index in [1.54, 1.807) is 24.3 Å². The lowest BCUT2D eigenvalue weighted by Crippen LogP contribution is -2.43. The summed E-state index contributed by atoms with van der Waals surface area (Å²) in [5, 5.41) is 13.1. The van der Waals surface area contributed by atoms with Gasteiger partial charge < -0.3 is 15.2 Å². The van der Waals surface area contributed by atoms with Crippen LogP contribution in [0.25, 0.3) is 0 Å². The van der Waals surface area contributed by atoms with Gasteiger partial charge in [-0.15, -0.1) is 0 Å². The molecule has 2 rings (SSSR count). The molecule has 6 heteroatoms. The molecule has 0 radical (unpaired) electrons. The SMILES string of the molecule is O=C(CCCBr)N[C@@H](Cc1cccc(O)c1)C(=O)OCc1ccccc1. The van der Waals surface area contributed by atoms with Gasteiger partial charge in [0.15, 0.2) is 0 Å². The second-order valence-corrected chi connectivity index (χ2v) is 6.67. The van der Waals surface area contributed by atoms with Gasteiger partial charge in [0.1, 0.15) is 18.4 Å². The summed E-state index contributed by atoms with van der Waals surface area (Å²) in [6.45, 7) is 0.146. The molecule has 1 atom stereocenters. The van der Waals surface area contributed by atoms with Gasteiger partial charge in [-0.25, -0.2) is 4.79 Å². The highest BCUT2D eigenvalue weighted by Crippen LogP contribution is 2.14. The molecule has 0 unspecified atom stereocenters. The van der Waals surface area contributed by atoms with Crippen LogP contribution in [0.4, 0.5) is 0 Å². The molecule has 26 heavy (non-hydrogen) atoms. The Bertz CT molecular complexity index is 721. The Balaban J connectivity index is 2.02. The van der Waals surface area contributed by atoms with E-state index in [1.807, 2.05) is 30.3 Å². The first-order chi connectivity index (χ1) is 12.6. The Hall–Kier alpha value is -2.34. The lowest BCUT2D eigenvalue weighted by molar-refractivity contribution is -0.149. The first-order valence-electron chi connectivity index (χ1n) is 8.42. The molecule has 138 valence electrons. The summed E-state index contributed by atoms with van der Waals surface area (Å²) in [4.78, 5) is 24.6. The fourth-order valence-electron chi connectivity index (χ4n) is 2.44. The molecule has 2 N–H and O–H groups in total. The third-order valence-electron chi connectivity index (χ3n) is 3.73. The van der Waals surface area contributed by atoms with E-state index in [9.17, 15) is 14.7 Å². The van der Waals surface area contributed by atoms with Crippen molar-refractivity contribution in [3.63, 3.8) is 0 Å². The van der Waals surface area contributed by atoms with Crippen molar-refractivity contribution in [3.05, 3.63) is 65.7 Å². The summed E-state index contributed by atoms with van der Waals surface area (Å²) in [5.74, 6) is -0.583. The maximum Gasteiger partial charge on any atom is 0.329 e. The van der Waals surface area contributed by atoms with Crippen molar-refractivity contribution in [3.8, 4) is 5.75 Å². The summed E-state index contributed by atoms with van der Waals surface area (Å²) >= 11 is 3.29. The van der Waals surface area contributed by atoms with E-state index in [-0.39, 0.29) is 24.7 Å². The van der Waals surface area contributed by atoms with Gasteiger partial charge in [0.2, 0.25) is 5.91 Å². The first kappa shape index (κ1) is 20.0. The van der Waals surface area contributed by atoms with Gasteiger partial charge >= 0.3 is 5.97 Å². The van der Waals surface area contributed by atoms with Crippen molar-refractivity contribution in [2.24, 2.45) is 0 Å². The van der Waals surface area contributed by atoms with Gasteiger partial charge in [-0.2, -0.15) is 0 Å². The molecular formula is C20H22BrNO4. The van der Waals surface area contributed by atoms with Crippen LogP contribution in [0.15, 0.2) is 54.6 Å². The predicted octanol–water partition coefficient (Wildman–Crippen LogP) is 3.34. The number of phenols is 1. The molecule has 0 spiro atoms. The van der Waals surface area contributed by atoms with E-state index in [0.717, 1.165) is 16.5 Å². The Morgan fingerprint density at radius 1 is 1.08 bits per heavy atom. The van der Waals surface area contributed by atoms with Crippen LogP contribution in [0.5, 0.6) is 5.75 Å². The van der Waals surface area contributed by atoms with Gasteiger partial charge in [0, 0.05) is 18.2 Å². The number of benzene rings is 2. The molecule has 0 aliphatic heterocycles. The number of carbonyl (C=O) groups is 2. The highest BCUT2D eigenvalue weighted by Gasteiger charge is 2.23. The molecule has 0 bridgehead atoms. The second-order valence-electron chi connectivity index (χ2n) is 5.88. The topological polar surface area (TPSA) is 75.6 Å². The maximum atomic E-state index is 12.5. The number of nitrogens with one attached hydrogen (secondary N) is 1. The van der Waals surface area contributed by atoms with Crippen molar-refractivity contribution in [2.45, 2.75) is 31.9 Å². The number of carbonyl (C=O) groups excluding carboxylic acids is 2. The molecule has 0 aliphatic rings. The number of halogens is 1. The van der Waals surface area contributed by atoms with Gasteiger partial charge in [-0.3, -0.25) is 4.79 Å². The van der Waals surface area contributed by atoms with Gasteiger partial charge in [-0.05, 0) is 29.7 Å². The zero-order chi connectivity index (χ0) is 18.8. The number of alkyl halides is 1. The molecule has 0 saturated carbocycles. The minimum atomic E-state index is -0.802. The highest BCUT2D eigenvalue weighted by molar-refractivity contribution is 9.09. The molecular weight excluding hydrogens is 398 g/mol. The minimum Gasteiger partial charge on any atom is -0.508 e. The number of esters is 1. The number of hydrogen-bond acceptors (Lipinski definition) is 4. The number of ether oxygens (including phenoxy) is 1. The largest absolute Gasteiger partial charge is 0.508 e. The minimum absolute atomic E-state index is 0.115. The lowest BCUT2D eigenvalue weighted by Gasteiger charge is -2.18. The Morgan fingerprint density at radius 3 is 2.50 bits per heavy atom. The molecule has 0 heterocycles. The van der Waals surface area contributed by atoms with Crippen molar-refractivity contribution >= 4 is 27.8 Å². The van der Waals surface area contributed by atoms with Gasteiger partial charge in [0.25, 0.3) is 0 Å². The van der Waals surface area contributed by atoms with E-state index >= 15 is 0 Å². The van der Waals surface area contributed by atoms with Crippen molar-refractivity contribution < 1.29 is 19.4 Å². The third-order valence-corrected chi connectivity index (χ3v) is 4.29. The zero-order valence-corrected chi connectivity index (χ0v) is 15.9. The normalized spacial score (nSPS) is 11.6. The average Bonchev–Trinajstić information content (AvgIpc) is 2.65. The molecule has 5 nitrogen and oxygen atoms in total. The first-order valence-corrected chi connectivity index (χ1v) is 9.54. The zero-order valence-electron chi connectivity index (χ0n) is 14.4. The highest BCUT2D eigenvalue weighted by atomic mass is 79.9. The Labute approximate surface area is 161 Å². The van der Waals surface area contributed by atoms with Gasteiger partial charge in [0.05, 0.1) is 0 Å². The molecule has 0 fully saturated rings. The van der Waals surface area contributed by atoms with Crippen LogP contribution in [0.2, 0.25) is 0 Å². The fraction of sp³-hybridized carbons (Fsp3) is 0.300. The molecule has 2 aromatic rings. The standard InChI is InChI=1S/C20H22BrNO4/c21-11-5-10-19(24)22-18(13-16-8-4-9-17(23)12-16)20(25)26-14-15-6-2-1-3-7-15/h1-4,6-9,12,18,23H,5,10-11,13-14H2,(H,22,24)/t18-/m0/s1. The van der Waals surface area contributed by atoms with E-state index in [0.29, 0.717) is 12.8 Å². The van der Waals surface area contributed by atoms with E-state index in [4.69, 9.17) is 4.74 Å². The van der Waals surface area contributed by atoms with Gasteiger partial charge in [-0.1, -0.05) is 58.4 Å². The number of amides is 1. The van der Waals surface area contributed by atoms with Crippen LogP contribution in [0, 0.1) is 0 Å². The van der Waals surface area contributed by atoms with E-state index in [2.05, 4.69) is 21.2 Å². The van der Waals surface area contributed by atoms with Crippen molar-refractivity contribution in [2.75, 3.05) is 5.33 Å². The van der Waals surface area contributed by atoms with Crippen LogP contribution < -0.4 is 5.32 Å². The fourth-order valence-corrected chi connectivity index (χ4v) is 2.72. The van der Waals surface area contributed by atoms with Crippen LogP contribution in [-0.4, -0.2) is 28.4 Å². The van der Waals surface area contributed by atoms with E-state index < -0.39 is 12.0 Å². The monoisotopic (exact) mass is 419 g/mol. The summed E-state index contributed by atoms with van der Waals surface area (Å²) in [6, 6.07) is 15.2. The van der Waals surface area contributed by atoms with Crippen LogP contribution in [0.3, 0.4) is 0 Å². The quantitative estimate of drug-likeness (QED) is 0.482. The third kappa shape index (κ3) is 6.88. The molecule has 0 aliphatic carbocycles. The van der Waals surface area contributed by atoms with Crippen LogP contribution in [0.1, 0.15) is 24.0 Å². The van der Waals surface area contributed by atoms with Crippen molar-refractivity contribution in [1.29, 1.82) is 0 Å². The summed E-state index contributed by atoms with van der Waals surface area (Å²) in [7, 11) is 0. The number of rotatable bonds is 9. The second kappa shape index (κ2) is 10.6. The summed E-state index contributed by atoms with van der Waals surface area (Å²) < 4.78 is 5.37. The summed E-state index contributed by atoms with van der Waals surface area (Å²) in [5.41, 5.74) is 1.62. The van der Waals surface area contributed by atoms with Crippen LogP contribution in [-0.2, 0) is 27.4 Å². The lowest BCUT2D eigenvalue weighted by atomic mass is 10.1. The Morgan fingerprint density at radius 2 is 1.81 bits per heavy atom.